The van der Waals surface area contributed by atoms with Crippen LogP contribution < -0.4 is 5.32 Å². The van der Waals surface area contributed by atoms with Gasteiger partial charge in [-0.1, -0.05) is 29.3 Å². The number of halogens is 2. The van der Waals surface area contributed by atoms with E-state index in [4.69, 9.17) is 27.9 Å². The van der Waals surface area contributed by atoms with Gasteiger partial charge in [0.15, 0.2) is 0 Å². The van der Waals surface area contributed by atoms with Gasteiger partial charge in [0, 0.05) is 25.1 Å². The molecule has 1 aliphatic heterocycles. The van der Waals surface area contributed by atoms with E-state index in [0.29, 0.717) is 16.0 Å². The van der Waals surface area contributed by atoms with Gasteiger partial charge in [-0.25, -0.2) is 0 Å². The van der Waals surface area contributed by atoms with Crippen LogP contribution in [0.4, 0.5) is 0 Å². The molecule has 104 valence electrons. The number of benzene rings is 1. The summed E-state index contributed by atoms with van der Waals surface area (Å²) in [5, 5.41) is 4.83. The fourth-order valence-electron chi connectivity index (χ4n) is 2.72. The third-order valence-electron chi connectivity index (χ3n) is 3.96. The lowest BCUT2D eigenvalue weighted by atomic mass is 9.89. The van der Waals surface area contributed by atoms with Gasteiger partial charge in [-0.15, -0.1) is 0 Å². The molecule has 4 heteroatoms. The molecule has 1 aromatic rings. The Labute approximate surface area is 124 Å². The summed E-state index contributed by atoms with van der Waals surface area (Å²) < 4.78 is 5.98. The van der Waals surface area contributed by atoms with Crippen molar-refractivity contribution in [2.24, 2.45) is 5.92 Å². The van der Waals surface area contributed by atoms with Crippen LogP contribution in [0.25, 0.3) is 0 Å². The second kappa shape index (κ2) is 6.01. The summed E-state index contributed by atoms with van der Waals surface area (Å²) in [4.78, 5) is 0. The van der Waals surface area contributed by atoms with Crippen LogP contribution in [0.5, 0.6) is 0 Å². The molecule has 1 saturated carbocycles. The number of ether oxygens (including phenoxy) is 1. The Hall–Kier alpha value is -0.280. The van der Waals surface area contributed by atoms with Crippen LogP contribution in [0, 0.1) is 5.92 Å². The first kappa shape index (κ1) is 13.7. The molecule has 1 aromatic carbocycles. The monoisotopic (exact) mass is 299 g/mol. The van der Waals surface area contributed by atoms with Crippen LogP contribution in [-0.4, -0.2) is 19.2 Å². The summed E-state index contributed by atoms with van der Waals surface area (Å²) in [6, 6.07) is 6.59. The zero-order valence-corrected chi connectivity index (χ0v) is 12.4. The first-order valence-corrected chi connectivity index (χ1v) is 7.79. The Bertz CT molecular complexity index is 448. The number of nitrogens with one attached hydrogen (secondary N) is 1. The second-order valence-electron chi connectivity index (χ2n) is 5.55. The zero-order chi connectivity index (χ0) is 13.2. The van der Waals surface area contributed by atoms with Gasteiger partial charge in [0.05, 0.1) is 16.1 Å². The molecule has 1 saturated heterocycles. The van der Waals surface area contributed by atoms with E-state index in [9.17, 15) is 0 Å². The van der Waals surface area contributed by atoms with E-state index in [0.717, 1.165) is 31.2 Å². The number of hydrogen-bond acceptors (Lipinski definition) is 2. The maximum Gasteiger partial charge on any atom is 0.0865 e. The van der Waals surface area contributed by atoms with Crippen molar-refractivity contribution < 1.29 is 4.74 Å². The Morgan fingerprint density at radius 1 is 1.16 bits per heavy atom. The molecular weight excluding hydrogens is 281 g/mol. The minimum Gasteiger partial charge on any atom is -0.373 e. The predicted molar refractivity (Wildman–Crippen MR) is 78.9 cm³/mol. The maximum atomic E-state index is 6.12. The molecule has 2 unspecified atom stereocenters. The van der Waals surface area contributed by atoms with Crippen molar-refractivity contribution in [3.05, 3.63) is 33.8 Å². The number of rotatable bonds is 4. The summed E-state index contributed by atoms with van der Waals surface area (Å²) in [7, 11) is 0. The van der Waals surface area contributed by atoms with E-state index in [1.165, 1.54) is 19.3 Å². The Balaban J connectivity index is 1.72. The Kier molecular flexibility index (Phi) is 4.33. The second-order valence-corrected chi connectivity index (χ2v) is 6.36. The van der Waals surface area contributed by atoms with E-state index >= 15 is 0 Å². The van der Waals surface area contributed by atoms with Crippen molar-refractivity contribution >= 4 is 23.2 Å². The van der Waals surface area contributed by atoms with Crippen molar-refractivity contribution in [1.82, 2.24) is 5.32 Å². The molecular formula is C15H19Cl2NO. The summed E-state index contributed by atoms with van der Waals surface area (Å²) in [5.74, 6) is 0.534. The Morgan fingerprint density at radius 2 is 2.00 bits per heavy atom. The van der Waals surface area contributed by atoms with Gasteiger partial charge >= 0.3 is 0 Å². The third kappa shape index (κ3) is 3.43. The van der Waals surface area contributed by atoms with Crippen LogP contribution in [-0.2, 0) is 4.74 Å². The van der Waals surface area contributed by atoms with Crippen molar-refractivity contribution in [3.63, 3.8) is 0 Å². The van der Waals surface area contributed by atoms with E-state index in [-0.39, 0.29) is 6.10 Å². The molecule has 3 rings (SSSR count). The molecule has 1 heterocycles. The number of hydrogen-bond donors (Lipinski definition) is 1. The van der Waals surface area contributed by atoms with E-state index in [1.807, 2.05) is 18.2 Å². The highest BCUT2D eigenvalue weighted by Crippen LogP contribution is 2.36. The summed E-state index contributed by atoms with van der Waals surface area (Å²) in [5.41, 5.74) is 1.15. The standard InChI is InChI=1S/C15H19Cl2NO/c16-13-6-3-10(8-14(13)17)15-11(2-1-7-19-15)9-18-12-4-5-12/h3,6,8,11-12,15,18H,1-2,4-5,7,9H2. The molecule has 1 aliphatic carbocycles. The van der Waals surface area contributed by atoms with E-state index in [2.05, 4.69) is 5.32 Å². The molecule has 2 atom stereocenters. The summed E-state index contributed by atoms with van der Waals surface area (Å²) in [6.07, 6.45) is 5.16. The molecule has 1 N–H and O–H groups in total. The quantitative estimate of drug-likeness (QED) is 0.899. The summed E-state index contributed by atoms with van der Waals surface area (Å²) >= 11 is 12.1. The van der Waals surface area contributed by atoms with Gasteiger partial charge in [-0.05, 0) is 43.4 Å². The van der Waals surface area contributed by atoms with Crippen LogP contribution in [0.15, 0.2) is 18.2 Å². The highest BCUT2D eigenvalue weighted by atomic mass is 35.5. The first-order valence-electron chi connectivity index (χ1n) is 7.04. The van der Waals surface area contributed by atoms with Gasteiger partial charge in [0.2, 0.25) is 0 Å². The molecule has 2 nitrogen and oxygen atoms in total. The van der Waals surface area contributed by atoms with Crippen molar-refractivity contribution in [1.29, 1.82) is 0 Å². The molecule has 2 fully saturated rings. The highest BCUT2D eigenvalue weighted by Gasteiger charge is 2.30. The average Bonchev–Trinajstić information content (AvgIpc) is 3.24. The lowest BCUT2D eigenvalue weighted by molar-refractivity contribution is -0.0278. The van der Waals surface area contributed by atoms with E-state index in [1.54, 1.807) is 0 Å². The lowest BCUT2D eigenvalue weighted by Crippen LogP contribution is -2.32. The lowest BCUT2D eigenvalue weighted by Gasteiger charge is -2.32. The van der Waals surface area contributed by atoms with Gasteiger partial charge in [0.25, 0.3) is 0 Å². The third-order valence-corrected chi connectivity index (χ3v) is 4.70. The molecule has 19 heavy (non-hydrogen) atoms. The average molecular weight is 300 g/mol. The normalized spacial score (nSPS) is 27.5. The van der Waals surface area contributed by atoms with Crippen LogP contribution in [0.1, 0.15) is 37.4 Å². The van der Waals surface area contributed by atoms with Crippen LogP contribution in [0.3, 0.4) is 0 Å². The largest absolute Gasteiger partial charge is 0.373 e. The predicted octanol–water partition coefficient (Wildman–Crippen LogP) is 4.21. The van der Waals surface area contributed by atoms with Gasteiger partial charge in [0.1, 0.15) is 0 Å². The molecule has 0 radical (unpaired) electrons. The van der Waals surface area contributed by atoms with Gasteiger partial charge < -0.3 is 10.1 Å². The molecule has 0 spiro atoms. The fraction of sp³-hybridized carbons (Fsp3) is 0.600. The fourth-order valence-corrected chi connectivity index (χ4v) is 3.02. The molecule has 0 bridgehead atoms. The minimum absolute atomic E-state index is 0.148. The van der Waals surface area contributed by atoms with Gasteiger partial charge in [-0.3, -0.25) is 0 Å². The van der Waals surface area contributed by atoms with E-state index < -0.39 is 0 Å². The topological polar surface area (TPSA) is 21.3 Å². The zero-order valence-electron chi connectivity index (χ0n) is 10.9. The Morgan fingerprint density at radius 3 is 2.74 bits per heavy atom. The highest BCUT2D eigenvalue weighted by molar-refractivity contribution is 6.42. The maximum absolute atomic E-state index is 6.12. The van der Waals surface area contributed by atoms with Crippen molar-refractivity contribution in [2.45, 2.75) is 37.8 Å². The van der Waals surface area contributed by atoms with Crippen LogP contribution >= 0.6 is 23.2 Å². The molecule has 2 aliphatic rings. The molecule has 0 amide bonds. The van der Waals surface area contributed by atoms with Crippen molar-refractivity contribution in [3.8, 4) is 0 Å². The van der Waals surface area contributed by atoms with Crippen LogP contribution in [0.2, 0.25) is 10.0 Å². The van der Waals surface area contributed by atoms with Crippen molar-refractivity contribution in [2.75, 3.05) is 13.2 Å². The minimum atomic E-state index is 0.148. The first-order chi connectivity index (χ1) is 9.24. The SMILES string of the molecule is Clc1ccc(C2OCCCC2CNC2CC2)cc1Cl. The smallest absolute Gasteiger partial charge is 0.0865 e. The molecule has 0 aromatic heterocycles. The summed E-state index contributed by atoms with van der Waals surface area (Å²) in [6.45, 7) is 1.88. The van der Waals surface area contributed by atoms with Gasteiger partial charge in [-0.2, -0.15) is 0 Å².